The third kappa shape index (κ3) is 6.85. The molecule has 1 amide bonds. The fraction of sp³-hybridized carbons (Fsp3) is 0.364. The third-order valence-corrected chi connectivity index (χ3v) is 4.62. The van der Waals surface area contributed by atoms with E-state index in [9.17, 15) is 21.6 Å². The number of nitrogens with two attached hydrogens (primary N) is 1. The van der Waals surface area contributed by atoms with E-state index in [4.69, 9.17) is 10.3 Å². The minimum absolute atomic E-state index is 0.0458. The molecule has 0 bridgehead atoms. The lowest BCUT2D eigenvalue weighted by molar-refractivity contribution is -0.117. The van der Waals surface area contributed by atoms with E-state index < -0.39 is 38.5 Å². The largest absolute Gasteiger partial charge is 0.397 e. The van der Waals surface area contributed by atoms with Gasteiger partial charge in [0.15, 0.2) is 9.84 Å². The number of benzene rings is 1. The first-order valence-corrected chi connectivity index (χ1v) is 9.09. The number of hydrogen-bond acceptors (Lipinski definition) is 7. The van der Waals surface area contributed by atoms with Crippen LogP contribution in [0.5, 0.6) is 0 Å². The standard InChI is InChI=1S/C11H16N2O7S2/c12-11(14)4-5-13-9-2-1-3-10(8-9)21(15,16)7-6-20-22(17,18)19/h1-3,8,13H,4-7H2,(H2,12,14)(H,17,18,19). The second-order valence-electron chi connectivity index (χ2n) is 4.24. The van der Waals surface area contributed by atoms with Crippen molar-refractivity contribution in [3.8, 4) is 0 Å². The van der Waals surface area contributed by atoms with Gasteiger partial charge in [-0.25, -0.2) is 12.6 Å². The zero-order valence-corrected chi connectivity index (χ0v) is 13.1. The summed E-state index contributed by atoms with van der Waals surface area (Å²) in [6.07, 6.45) is 0.0964. The minimum Gasteiger partial charge on any atom is -0.384 e. The zero-order valence-electron chi connectivity index (χ0n) is 11.4. The van der Waals surface area contributed by atoms with Gasteiger partial charge in [-0.2, -0.15) is 8.42 Å². The number of carbonyl (C=O) groups excluding carboxylic acids is 1. The highest BCUT2D eigenvalue weighted by Crippen LogP contribution is 2.17. The molecular weight excluding hydrogens is 336 g/mol. The summed E-state index contributed by atoms with van der Waals surface area (Å²) in [6, 6.07) is 5.77. The maximum Gasteiger partial charge on any atom is 0.397 e. The number of nitrogens with one attached hydrogen (secondary N) is 1. The van der Waals surface area contributed by atoms with Gasteiger partial charge in [-0.3, -0.25) is 9.35 Å². The van der Waals surface area contributed by atoms with E-state index in [0.717, 1.165) is 0 Å². The summed E-state index contributed by atoms with van der Waals surface area (Å²) < 4.78 is 57.1. The molecule has 0 saturated heterocycles. The van der Waals surface area contributed by atoms with E-state index in [1.54, 1.807) is 6.07 Å². The number of rotatable bonds is 9. The van der Waals surface area contributed by atoms with Crippen molar-refractivity contribution in [3.05, 3.63) is 24.3 Å². The first kappa shape index (κ1) is 18.4. The fourth-order valence-corrected chi connectivity index (χ4v) is 3.03. The third-order valence-electron chi connectivity index (χ3n) is 2.48. The van der Waals surface area contributed by atoms with E-state index in [-0.39, 0.29) is 17.9 Å². The molecule has 0 heterocycles. The van der Waals surface area contributed by atoms with Crippen LogP contribution in [0.25, 0.3) is 0 Å². The van der Waals surface area contributed by atoms with Gasteiger partial charge in [-0.1, -0.05) is 6.07 Å². The van der Waals surface area contributed by atoms with Gasteiger partial charge < -0.3 is 11.1 Å². The Bertz CT molecular complexity index is 729. The number of primary amides is 1. The molecular formula is C11H16N2O7S2. The highest BCUT2D eigenvalue weighted by atomic mass is 32.3. The second-order valence-corrected chi connectivity index (χ2v) is 7.44. The number of amides is 1. The highest BCUT2D eigenvalue weighted by Gasteiger charge is 2.16. The van der Waals surface area contributed by atoms with Crippen molar-refractivity contribution in [2.45, 2.75) is 11.3 Å². The van der Waals surface area contributed by atoms with Crippen LogP contribution in [0.1, 0.15) is 6.42 Å². The average molecular weight is 352 g/mol. The van der Waals surface area contributed by atoms with Gasteiger partial charge in [0, 0.05) is 18.7 Å². The molecule has 1 aromatic carbocycles. The molecule has 124 valence electrons. The Balaban J connectivity index is 2.72. The van der Waals surface area contributed by atoms with Crippen LogP contribution in [-0.4, -0.2) is 46.2 Å². The molecule has 1 aromatic rings. The molecule has 0 aromatic heterocycles. The van der Waals surface area contributed by atoms with Gasteiger partial charge >= 0.3 is 10.4 Å². The van der Waals surface area contributed by atoms with Gasteiger partial charge in [0.1, 0.15) is 0 Å². The van der Waals surface area contributed by atoms with Crippen molar-refractivity contribution in [1.29, 1.82) is 0 Å². The monoisotopic (exact) mass is 352 g/mol. The first-order valence-electron chi connectivity index (χ1n) is 6.07. The highest BCUT2D eigenvalue weighted by molar-refractivity contribution is 7.91. The Kier molecular flexibility index (Phi) is 6.29. The van der Waals surface area contributed by atoms with Crippen LogP contribution >= 0.6 is 0 Å². The molecule has 1 rings (SSSR count). The van der Waals surface area contributed by atoms with Crippen LogP contribution in [0.2, 0.25) is 0 Å². The molecule has 0 radical (unpaired) electrons. The fourth-order valence-electron chi connectivity index (χ4n) is 1.50. The van der Waals surface area contributed by atoms with E-state index in [1.165, 1.54) is 18.2 Å². The van der Waals surface area contributed by atoms with Crippen molar-refractivity contribution >= 4 is 31.8 Å². The number of anilines is 1. The normalized spacial score (nSPS) is 12.0. The Morgan fingerprint density at radius 3 is 2.55 bits per heavy atom. The molecule has 11 heteroatoms. The van der Waals surface area contributed by atoms with Crippen LogP contribution < -0.4 is 11.1 Å². The van der Waals surface area contributed by atoms with E-state index in [1.807, 2.05) is 0 Å². The molecule has 0 spiro atoms. The molecule has 0 atom stereocenters. The summed E-state index contributed by atoms with van der Waals surface area (Å²) in [5.74, 6) is -1.10. The molecule has 0 aliphatic heterocycles. The zero-order chi connectivity index (χ0) is 16.8. The van der Waals surface area contributed by atoms with E-state index in [0.29, 0.717) is 5.69 Å². The quantitative estimate of drug-likeness (QED) is 0.506. The van der Waals surface area contributed by atoms with Gasteiger partial charge in [0.05, 0.1) is 17.3 Å². The van der Waals surface area contributed by atoms with E-state index >= 15 is 0 Å². The summed E-state index contributed by atoms with van der Waals surface area (Å²) in [4.78, 5) is 10.6. The van der Waals surface area contributed by atoms with Crippen LogP contribution in [0.4, 0.5) is 5.69 Å². The predicted molar refractivity (Wildman–Crippen MR) is 78.3 cm³/mol. The van der Waals surface area contributed by atoms with Crippen LogP contribution in [-0.2, 0) is 29.2 Å². The summed E-state index contributed by atoms with van der Waals surface area (Å²) >= 11 is 0. The molecule has 0 unspecified atom stereocenters. The molecule has 22 heavy (non-hydrogen) atoms. The number of sulfone groups is 1. The Hall–Kier alpha value is -1.69. The lowest BCUT2D eigenvalue weighted by atomic mass is 10.3. The lowest BCUT2D eigenvalue weighted by Gasteiger charge is -2.08. The Labute approximate surface area is 128 Å². The van der Waals surface area contributed by atoms with Gasteiger partial charge in [-0.15, -0.1) is 0 Å². The summed E-state index contributed by atoms with van der Waals surface area (Å²) in [6.45, 7) is -0.439. The molecule has 9 nitrogen and oxygen atoms in total. The number of carbonyl (C=O) groups is 1. The van der Waals surface area contributed by atoms with Crippen LogP contribution in [0, 0.1) is 0 Å². The number of hydrogen-bond donors (Lipinski definition) is 3. The summed E-state index contributed by atoms with van der Waals surface area (Å²) in [5, 5.41) is 2.84. The molecule has 0 aliphatic carbocycles. The summed E-state index contributed by atoms with van der Waals surface area (Å²) in [5.41, 5.74) is 5.46. The van der Waals surface area contributed by atoms with Crippen molar-refractivity contribution < 1.29 is 30.4 Å². The SMILES string of the molecule is NC(=O)CCNc1cccc(S(=O)(=O)CCOS(=O)(=O)O)c1. The average Bonchev–Trinajstić information content (AvgIpc) is 2.37. The van der Waals surface area contributed by atoms with Crippen molar-refractivity contribution in [2.24, 2.45) is 5.73 Å². The lowest BCUT2D eigenvalue weighted by Crippen LogP contribution is -2.17. The van der Waals surface area contributed by atoms with Crippen molar-refractivity contribution in [1.82, 2.24) is 0 Å². The van der Waals surface area contributed by atoms with Gasteiger partial charge in [0.25, 0.3) is 0 Å². The predicted octanol–water partition coefficient (Wildman–Crippen LogP) is -0.433. The maximum absolute atomic E-state index is 12.0. The maximum atomic E-state index is 12.0. The van der Waals surface area contributed by atoms with Gasteiger partial charge in [-0.05, 0) is 18.2 Å². The smallest absolute Gasteiger partial charge is 0.384 e. The van der Waals surface area contributed by atoms with Gasteiger partial charge in [0.2, 0.25) is 5.91 Å². The van der Waals surface area contributed by atoms with Crippen molar-refractivity contribution in [3.63, 3.8) is 0 Å². The first-order chi connectivity index (χ1) is 10.1. The Morgan fingerprint density at radius 2 is 1.95 bits per heavy atom. The topological polar surface area (TPSA) is 153 Å². The molecule has 0 fully saturated rings. The van der Waals surface area contributed by atoms with E-state index in [2.05, 4.69) is 9.50 Å². The summed E-state index contributed by atoms with van der Waals surface area (Å²) in [7, 11) is -8.46. The minimum atomic E-state index is -4.68. The van der Waals surface area contributed by atoms with Crippen molar-refractivity contribution in [2.75, 3.05) is 24.2 Å². The molecule has 4 N–H and O–H groups in total. The second kappa shape index (κ2) is 7.54. The van der Waals surface area contributed by atoms with Crippen LogP contribution in [0.3, 0.4) is 0 Å². The van der Waals surface area contributed by atoms with Crippen LogP contribution in [0.15, 0.2) is 29.2 Å². The Morgan fingerprint density at radius 1 is 1.27 bits per heavy atom. The molecule has 0 saturated carbocycles. The molecule has 0 aliphatic rings.